The standard InChI is InChI=1S/C22H27NO5/c1-13(2)15(9-14-7-8-17(23)19(10-14)26-4)22(24)16-11-20(27-5)21(28-6)12-18(16)25-3/h7-13H,23H2,1-6H3. The number of hydrogen-bond donors (Lipinski definition) is 1. The van der Waals surface area contributed by atoms with Crippen LogP contribution >= 0.6 is 0 Å². The van der Waals surface area contributed by atoms with E-state index < -0.39 is 0 Å². The van der Waals surface area contributed by atoms with E-state index in [0.717, 1.165) is 5.56 Å². The number of nitrogens with two attached hydrogens (primary N) is 1. The highest BCUT2D eigenvalue weighted by Gasteiger charge is 2.22. The number of anilines is 1. The van der Waals surface area contributed by atoms with E-state index in [1.54, 1.807) is 31.4 Å². The van der Waals surface area contributed by atoms with Gasteiger partial charge in [0, 0.05) is 11.6 Å². The number of rotatable bonds is 8. The maximum absolute atomic E-state index is 13.4. The molecule has 0 unspecified atom stereocenters. The lowest BCUT2D eigenvalue weighted by atomic mass is 9.91. The predicted octanol–water partition coefficient (Wildman–Crippen LogP) is 4.23. The minimum Gasteiger partial charge on any atom is -0.496 e. The molecule has 6 heteroatoms. The third-order valence-corrected chi connectivity index (χ3v) is 4.41. The van der Waals surface area contributed by atoms with Crippen molar-refractivity contribution in [1.82, 2.24) is 0 Å². The molecule has 0 aliphatic heterocycles. The normalized spacial score (nSPS) is 11.3. The zero-order valence-corrected chi connectivity index (χ0v) is 17.2. The third-order valence-electron chi connectivity index (χ3n) is 4.41. The fraction of sp³-hybridized carbons (Fsp3) is 0.318. The highest BCUT2D eigenvalue weighted by Crippen LogP contribution is 2.36. The molecule has 6 nitrogen and oxygen atoms in total. The highest BCUT2D eigenvalue weighted by atomic mass is 16.5. The van der Waals surface area contributed by atoms with E-state index in [-0.39, 0.29) is 11.7 Å². The molecule has 0 spiro atoms. The van der Waals surface area contributed by atoms with Gasteiger partial charge >= 0.3 is 0 Å². The third kappa shape index (κ3) is 4.39. The van der Waals surface area contributed by atoms with Gasteiger partial charge in [-0.1, -0.05) is 19.9 Å². The molecule has 150 valence electrons. The van der Waals surface area contributed by atoms with Crippen molar-refractivity contribution >= 4 is 17.5 Å². The minimum atomic E-state index is -0.149. The number of carbonyl (C=O) groups excluding carboxylic acids is 1. The number of Topliss-reactive ketones (excluding diaryl/α,β-unsaturated/α-hetero) is 1. The maximum atomic E-state index is 13.4. The van der Waals surface area contributed by atoms with Gasteiger partial charge in [0.05, 0.1) is 39.7 Å². The van der Waals surface area contributed by atoms with Crippen LogP contribution in [0.5, 0.6) is 23.0 Å². The summed E-state index contributed by atoms with van der Waals surface area (Å²) in [5.41, 5.74) is 8.27. The Morgan fingerprint density at radius 3 is 1.96 bits per heavy atom. The van der Waals surface area contributed by atoms with Crippen LogP contribution in [0.3, 0.4) is 0 Å². The first-order chi connectivity index (χ1) is 13.4. The Bertz CT molecular complexity index is 887. The van der Waals surface area contributed by atoms with Gasteiger partial charge in [-0.05, 0) is 35.8 Å². The zero-order valence-electron chi connectivity index (χ0n) is 17.2. The molecule has 2 N–H and O–H groups in total. The van der Waals surface area contributed by atoms with Crippen molar-refractivity contribution in [3.8, 4) is 23.0 Å². The van der Waals surface area contributed by atoms with Crippen LogP contribution in [0, 0.1) is 5.92 Å². The van der Waals surface area contributed by atoms with Crippen LogP contribution in [0.1, 0.15) is 29.8 Å². The molecule has 2 aromatic rings. The lowest BCUT2D eigenvalue weighted by Gasteiger charge is -2.16. The molecule has 2 aromatic carbocycles. The SMILES string of the molecule is COc1cc(C=C(C(=O)c2cc(OC)c(OC)cc2OC)C(C)C)ccc1N. The summed E-state index contributed by atoms with van der Waals surface area (Å²) in [4.78, 5) is 13.4. The molecule has 0 radical (unpaired) electrons. The Hall–Kier alpha value is -3.15. The van der Waals surface area contributed by atoms with Gasteiger partial charge in [0.25, 0.3) is 0 Å². The average molecular weight is 385 g/mol. The summed E-state index contributed by atoms with van der Waals surface area (Å²) in [5, 5.41) is 0. The van der Waals surface area contributed by atoms with Crippen LogP contribution in [0.15, 0.2) is 35.9 Å². The summed E-state index contributed by atoms with van der Waals surface area (Å²) in [6, 6.07) is 8.69. The van der Waals surface area contributed by atoms with Gasteiger partial charge in [-0.2, -0.15) is 0 Å². The number of allylic oxidation sites excluding steroid dienone is 1. The fourth-order valence-corrected chi connectivity index (χ4v) is 2.85. The second-order valence-electron chi connectivity index (χ2n) is 6.49. The number of hydrogen-bond acceptors (Lipinski definition) is 6. The molecule has 0 amide bonds. The molecular weight excluding hydrogens is 358 g/mol. The monoisotopic (exact) mass is 385 g/mol. The van der Waals surface area contributed by atoms with Crippen LogP contribution in [0.25, 0.3) is 6.08 Å². The van der Waals surface area contributed by atoms with Crippen LogP contribution in [-0.2, 0) is 0 Å². The Morgan fingerprint density at radius 1 is 0.857 bits per heavy atom. The molecule has 0 aromatic heterocycles. The molecular formula is C22H27NO5. The smallest absolute Gasteiger partial charge is 0.193 e. The minimum absolute atomic E-state index is 0.0196. The van der Waals surface area contributed by atoms with Crippen LogP contribution in [-0.4, -0.2) is 34.2 Å². The first kappa shape index (κ1) is 21.2. The van der Waals surface area contributed by atoms with Gasteiger partial charge in [-0.3, -0.25) is 4.79 Å². The lowest BCUT2D eigenvalue weighted by molar-refractivity contribution is 0.102. The average Bonchev–Trinajstić information content (AvgIpc) is 2.71. The van der Waals surface area contributed by atoms with Crippen molar-refractivity contribution in [3.05, 3.63) is 47.0 Å². The van der Waals surface area contributed by atoms with E-state index in [2.05, 4.69) is 0 Å². The highest BCUT2D eigenvalue weighted by molar-refractivity contribution is 6.13. The van der Waals surface area contributed by atoms with Crippen LogP contribution < -0.4 is 24.7 Å². The molecule has 28 heavy (non-hydrogen) atoms. The van der Waals surface area contributed by atoms with E-state index in [4.69, 9.17) is 24.7 Å². The van der Waals surface area contributed by atoms with Crippen molar-refractivity contribution in [3.63, 3.8) is 0 Å². The maximum Gasteiger partial charge on any atom is 0.193 e. The first-order valence-corrected chi connectivity index (χ1v) is 8.86. The Labute approximate surface area is 165 Å². The number of ether oxygens (including phenoxy) is 4. The van der Waals surface area contributed by atoms with Gasteiger partial charge in [-0.15, -0.1) is 0 Å². The van der Waals surface area contributed by atoms with Gasteiger partial charge in [0.2, 0.25) is 0 Å². The predicted molar refractivity (Wildman–Crippen MR) is 111 cm³/mol. The summed E-state index contributed by atoms with van der Waals surface area (Å²) < 4.78 is 21.3. The van der Waals surface area contributed by atoms with Crippen molar-refractivity contribution < 1.29 is 23.7 Å². The lowest BCUT2D eigenvalue weighted by Crippen LogP contribution is -2.11. The van der Waals surface area contributed by atoms with Crippen molar-refractivity contribution in [2.75, 3.05) is 34.2 Å². The number of ketones is 1. The summed E-state index contributed by atoms with van der Waals surface area (Å²) >= 11 is 0. The number of benzene rings is 2. The van der Waals surface area contributed by atoms with E-state index in [0.29, 0.717) is 39.8 Å². The van der Waals surface area contributed by atoms with E-state index in [1.807, 2.05) is 26.0 Å². The summed E-state index contributed by atoms with van der Waals surface area (Å²) in [7, 11) is 6.13. The number of nitrogen functional groups attached to an aromatic ring is 1. The topological polar surface area (TPSA) is 80.0 Å². The van der Waals surface area contributed by atoms with E-state index in [1.165, 1.54) is 21.3 Å². The van der Waals surface area contributed by atoms with Crippen molar-refractivity contribution in [2.24, 2.45) is 5.92 Å². The number of methoxy groups -OCH3 is 4. The van der Waals surface area contributed by atoms with Gasteiger partial charge < -0.3 is 24.7 Å². The molecule has 0 saturated heterocycles. The zero-order chi connectivity index (χ0) is 20.8. The molecule has 0 atom stereocenters. The number of carbonyl (C=O) groups is 1. The Kier molecular flexibility index (Phi) is 6.93. The van der Waals surface area contributed by atoms with Crippen molar-refractivity contribution in [2.45, 2.75) is 13.8 Å². The van der Waals surface area contributed by atoms with Gasteiger partial charge in [0.15, 0.2) is 17.3 Å². The van der Waals surface area contributed by atoms with Gasteiger partial charge in [-0.25, -0.2) is 0 Å². The summed E-state index contributed by atoms with van der Waals surface area (Å²) in [5.74, 6) is 1.77. The second kappa shape index (κ2) is 9.17. The van der Waals surface area contributed by atoms with Gasteiger partial charge in [0.1, 0.15) is 11.5 Å². The molecule has 0 fully saturated rings. The molecule has 0 aliphatic carbocycles. The molecule has 0 heterocycles. The first-order valence-electron chi connectivity index (χ1n) is 8.86. The second-order valence-corrected chi connectivity index (χ2v) is 6.49. The summed E-state index contributed by atoms with van der Waals surface area (Å²) in [6.07, 6.45) is 1.84. The van der Waals surface area contributed by atoms with E-state index >= 15 is 0 Å². The summed E-state index contributed by atoms with van der Waals surface area (Å²) in [6.45, 7) is 3.93. The van der Waals surface area contributed by atoms with Crippen LogP contribution in [0.2, 0.25) is 0 Å². The van der Waals surface area contributed by atoms with E-state index in [9.17, 15) is 4.79 Å². The molecule has 0 bridgehead atoms. The fourth-order valence-electron chi connectivity index (χ4n) is 2.85. The Balaban J connectivity index is 2.57. The molecule has 2 rings (SSSR count). The largest absolute Gasteiger partial charge is 0.496 e. The Morgan fingerprint density at radius 2 is 1.43 bits per heavy atom. The quantitative estimate of drug-likeness (QED) is 0.416. The molecule has 0 saturated carbocycles. The molecule has 0 aliphatic rings. The van der Waals surface area contributed by atoms with Crippen molar-refractivity contribution in [1.29, 1.82) is 0 Å². The van der Waals surface area contributed by atoms with Crippen LogP contribution in [0.4, 0.5) is 5.69 Å².